The topological polar surface area (TPSA) is 140 Å². The van der Waals surface area contributed by atoms with Gasteiger partial charge in [-0.2, -0.15) is 0 Å². The van der Waals surface area contributed by atoms with Gasteiger partial charge >= 0.3 is 5.69 Å². The van der Waals surface area contributed by atoms with Gasteiger partial charge in [0.15, 0.2) is 11.5 Å². The van der Waals surface area contributed by atoms with E-state index in [9.17, 15) is 24.5 Å². The van der Waals surface area contributed by atoms with Crippen molar-refractivity contribution in [1.29, 1.82) is 0 Å². The first-order valence-corrected chi connectivity index (χ1v) is 12.5. The largest absolute Gasteiger partial charge is 0.493 e. The molecule has 1 aliphatic rings. The molecular weight excluding hydrogens is 494 g/mol. The van der Waals surface area contributed by atoms with E-state index in [1.807, 2.05) is 4.90 Å². The van der Waals surface area contributed by atoms with E-state index in [4.69, 9.17) is 9.47 Å². The van der Waals surface area contributed by atoms with Crippen LogP contribution in [0.15, 0.2) is 46.0 Å². The zero-order valence-electron chi connectivity index (χ0n) is 21.5. The Morgan fingerprint density at radius 2 is 1.63 bits per heavy atom. The van der Waals surface area contributed by atoms with E-state index >= 15 is 0 Å². The number of nitro groups is 1. The minimum absolute atomic E-state index is 0.0542. The number of fused-ring (bicyclic) bond motifs is 1. The lowest BCUT2D eigenvalue weighted by molar-refractivity contribution is -0.384. The maximum atomic E-state index is 12.9. The first-order chi connectivity index (χ1) is 18.3. The lowest BCUT2D eigenvalue weighted by Gasteiger charge is -2.36. The van der Waals surface area contributed by atoms with E-state index < -0.39 is 16.2 Å². The molecule has 0 radical (unpaired) electrons. The molecule has 2 aromatic carbocycles. The summed E-state index contributed by atoms with van der Waals surface area (Å²) in [5.74, 6) is 0.906. The SMILES string of the molecule is COc1cc2[nH]c(=O)n(CCCCCC(=O)N3CCN(c4ccc([N+](=O)[O-])cc4)CC3)c(=O)c2cc1OC. The van der Waals surface area contributed by atoms with E-state index in [1.165, 1.54) is 30.9 Å². The summed E-state index contributed by atoms with van der Waals surface area (Å²) in [5, 5.41) is 11.2. The predicted molar refractivity (Wildman–Crippen MR) is 142 cm³/mol. The van der Waals surface area contributed by atoms with Crippen LogP contribution in [0.25, 0.3) is 10.9 Å². The lowest BCUT2D eigenvalue weighted by Crippen LogP contribution is -2.48. The standard InChI is InChI=1S/C26H31N5O7/c1-37-22-16-20-21(17-23(22)38-2)27-26(34)30(25(20)33)11-5-3-4-6-24(32)29-14-12-28(13-15-29)18-7-9-19(10-8-18)31(35)36/h7-10,16-17H,3-6,11-15H2,1-2H3,(H,27,34). The van der Waals surface area contributed by atoms with E-state index in [0.717, 1.165) is 5.69 Å². The molecule has 0 unspecified atom stereocenters. The van der Waals surface area contributed by atoms with Crippen LogP contribution in [0.4, 0.5) is 11.4 Å². The Kier molecular flexibility index (Phi) is 8.29. The number of anilines is 1. The summed E-state index contributed by atoms with van der Waals surface area (Å²) < 4.78 is 11.7. The third kappa shape index (κ3) is 5.79. The monoisotopic (exact) mass is 525 g/mol. The van der Waals surface area contributed by atoms with Gasteiger partial charge < -0.3 is 24.3 Å². The second-order valence-electron chi connectivity index (χ2n) is 9.09. The molecule has 1 amide bonds. The minimum atomic E-state index is -0.489. The molecule has 12 nitrogen and oxygen atoms in total. The van der Waals surface area contributed by atoms with Gasteiger partial charge in [0.1, 0.15) is 0 Å². The molecule has 1 N–H and O–H groups in total. The number of hydrogen-bond donors (Lipinski definition) is 1. The summed E-state index contributed by atoms with van der Waals surface area (Å²) in [6.45, 7) is 2.75. The Bertz CT molecular complexity index is 1420. The number of carbonyl (C=O) groups is 1. The number of H-pyrrole nitrogens is 1. The van der Waals surface area contributed by atoms with Gasteiger partial charge in [0.2, 0.25) is 5.91 Å². The van der Waals surface area contributed by atoms with E-state index in [1.54, 1.807) is 24.3 Å². The van der Waals surface area contributed by atoms with Gasteiger partial charge in [-0.3, -0.25) is 24.3 Å². The molecule has 202 valence electrons. The van der Waals surface area contributed by atoms with Crippen molar-refractivity contribution in [2.24, 2.45) is 0 Å². The number of aromatic amines is 1. The van der Waals surface area contributed by atoms with Crippen LogP contribution < -0.4 is 25.6 Å². The van der Waals surface area contributed by atoms with Crippen molar-refractivity contribution < 1.29 is 19.2 Å². The fraction of sp³-hybridized carbons (Fsp3) is 0.423. The fourth-order valence-electron chi connectivity index (χ4n) is 4.66. The normalized spacial score (nSPS) is 13.5. The molecule has 12 heteroatoms. The number of nitrogens with one attached hydrogen (secondary N) is 1. The quantitative estimate of drug-likeness (QED) is 0.242. The van der Waals surface area contributed by atoms with Crippen molar-refractivity contribution in [3.63, 3.8) is 0 Å². The average Bonchev–Trinajstić information content (AvgIpc) is 2.93. The van der Waals surface area contributed by atoms with Crippen molar-refractivity contribution in [1.82, 2.24) is 14.5 Å². The van der Waals surface area contributed by atoms with Gasteiger partial charge in [-0.05, 0) is 31.0 Å². The number of amides is 1. The van der Waals surface area contributed by atoms with Crippen molar-refractivity contribution in [3.8, 4) is 11.5 Å². The predicted octanol–water partition coefficient (Wildman–Crippen LogP) is 2.52. The van der Waals surface area contributed by atoms with Crippen LogP contribution in [-0.2, 0) is 11.3 Å². The zero-order valence-corrected chi connectivity index (χ0v) is 21.5. The van der Waals surface area contributed by atoms with Crippen LogP contribution in [0.2, 0.25) is 0 Å². The summed E-state index contributed by atoms with van der Waals surface area (Å²) in [6.07, 6.45) is 2.34. The first kappa shape index (κ1) is 26.7. The van der Waals surface area contributed by atoms with Gasteiger partial charge in [0.05, 0.1) is 30.0 Å². The first-order valence-electron chi connectivity index (χ1n) is 12.5. The number of unbranched alkanes of at least 4 members (excludes halogenated alkanes) is 2. The molecule has 0 atom stereocenters. The molecule has 0 spiro atoms. The van der Waals surface area contributed by atoms with Crippen LogP contribution in [0.1, 0.15) is 25.7 Å². The second-order valence-corrected chi connectivity index (χ2v) is 9.09. The highest BCUT2D eigenvalue weighted by Gasteiger charge is 2.21. The van der Waals surface area contributed by atoms with Crippen molar-refractivity contribution in [2.45, 2.75) is 32.2 Å². The highest BCUT2D eigenvalue weighted by molar-refractivity contribution is 5.81. The zero-order chi connectivity index (χ0) is 27.2. The second kappa shape index (κ2) is 11.8. The molecule has 1 saturated heterocycles. The number of benzene rings is 2. The van der Waals surface area contributed by atoms with Gasteiger partial charge in [0, 0.05) is 63.0 Å². The van der Waals surface area contributed by atoms with E-state index in [2.05, 4.69) is 9.88 Å². The van der Waals surface area contributed by atoms with E-state index in [-0.39, 0.29) is 18.1 Å². The molecule has 1 aromatic heterocycles. The maximum absolute atomic E-state index is 12.9. The summed E-state index contributed by atoms with van der Waals surface area (Å²) in [6, 6.07) is 9.56. The Labute approximate surface area is 218 Å². The highest BCUT2D eigenvalue weighted by atomic mass is 16.6. The van der Waals surface area contributed by atoms with E-state index in [0.29, 0.717) is 74.3 Å². The molecule has 1 fully saturated rings. The summed E-state index contributed by atoms with van der Waals surface area (Å²) in [5.41, 5.74) is 0.453. The van der Waals surface area contributed by atoms with Crippen LogP contribution in [-0.4, -0.2) is 65.7 Å². The number of ether oxygens (including phenoxy) is 2. The number of hydrogen-bond acceptors (Lipinski definition) is 8. The lowest BCUT2D eigenvalue weighted by atomic mass is 10.1. The summed E-state index contributed by atoms with van der Waals surface area (Å²) in [7, 11) is 2.96. The minimum Gasteiger partial charge on any atom is -0.493 e. The molecule has 3 aromatic rings. The number of piperazine rings is 1. The third-order valence-corrected chi connectivity index (χ3v) is 6.82. The van der Waals surface area contributed by atoms with Crippen molar-refractivity contribution >= 4 is 28.2 Å². The summed E-state index contributed by atoms with van der Waals surface area (Å²) >= 11 is 0. The number of rotatable bonds is 10. The van der Waals surface area contributed by atoms with Crippen LogP contribution in [0, 0.1) is 10.1 Å². The Morgan fingerprint density at radius 1 is 0.974 bits per heavy atom. The fourth-order valence-corrected chi connectivity index (χ4v) is 4.66. The number of methoxy groups -OCH3 is 2. The van der Waals surface area contributed by atoms with Gasteiger partial charge in [-0.25, -0.2) is 4.79 Å². The number of carbonyl (C=O) groups excluding carboxylic acids is 1. The maximum Gasteiger partial charge on any atom is 0.328 e. The smallest absolute Gasteiger partial charge is 0.328 e. The molecule has 0 bridgehead atoms. The summed E-state index contributed by atoms with van der Waals surface area (Å²) in [4.78, 5) is 55.2. The molecule has 0 aliphatic carbocycles. The molecular formula is C26H31N5O7. The number of nitro benzene ring substituents is 1. The molecule has 2 heterocycles. The molecule has 4 rings (SSSR count). The Hall–Kier alpha value is -4.35. The number of nitrogens with zero attached hydrogens (tertiary/aromatic N) is 4. The van der Waals surface area contributed by atoms with Crippen LogP contribution >= 0.6 is 0 Å². The van der Waals surface area contributed by atoms with Gasteiger partial charge in [0.25, 0.3) is 11.2 Å². The Balaban J connectivity index is 1.25. The highest BCUT2D eigenvalue weighted by Crippen LogP contribution is 2.29. The average molecular weight is 526 g/mol. The van der Waals surface area contributed by atoms with Crippen molar-refractivity contribution in [3.05, 3.63) is 67.4 Å². The molecule has 38 heavy (non-hydrogen) atoms. The molecule has 0 saturated carbocycles. The van der Waals surface area contributed by atoms with Crippen LogP contribution in [0.5, 0.6) is 11.5 Å². The van der Waals surface area contributed by atoms with Crippen molar-refractivity contribution in [2.75, 3.05) is 45.3 Å². The van der Waals surface area contributed by atoms with Crippen LogP contribution in [0.3, 0.4) is 0 Å². The third-order valence-electron chi connectivity index (χ3n) is 6.82. The number of aromatic nitrogens is 2. The van der Waals surface area contributed by atoms with Gasteiger partial charge in [-0.1, -0.05) is 6.42 Å². The molecule has 1 aliphatic heterocycles. The Morgan fingerprint density at radius 3 is 2.26 bits per heavy atom. The number of non-ortho nitro benzene ring substituents is 1. The van der Waals surface area contributed by atoms with Gasteiger partial charge in [-0.15, -0.1) is 0 Å².